The highest BCUT2D eigenvalue weighted by molar-refractivity contribution is 7.99. The van der Waals surface area contributed by atoms with E-state index in [0.717, 1.165) is 29.5 Å². The van der Waals surface area contributed by atoms with E-state index in [1.807, 2.05) is 25.1 Å². The van der Waals surface area contributed by atoms with E-state index in [2.05, 4.69) is 70.3 Å². The molecule has 1 unspecified atom stereocenters. The van der Waals surface area contributed by atoms with Crippen molar-refractivity contribution in [1.82, 2.24) is 20.1 Å². The minimum absolute atomic E-state index is 0.0102. The summed E-state index contributed by atoms with van der Waals surface area (Å²) in [7, 11) is 0. The number of rotatable bonds is 10. The van der Waals surface area contributed by atoms with Crippen LogP contribution in [0.5, 0.6) is 0 Å². The maximum atomic E-state index is 12.6. The molecular weight excluding hydrogens is 416 g/mol. The molecule has 168 valence electrons. The molecule has 32 heavy (non-hydrogen) atoms. The van der Waals surface area contributed by atoms with Gasteiger partial charge in [0.25, 0.3) is 0 Å². The number of benzene rings is 2. The van der Waals surface area contributed by atoms with E-state index in [4.69, 9.17) is 0 Å². The number of hydrogen-bond acceptors (Lipinski definition) is 4. The Bertz CT molecular complexity index is 1030. The molecule has 1 atom stereocenters. The third-order valence-corrected chi connectivity index (χ3v) is 6.67. The molecule has 1 aliphatic carbocycles. The fraction of sp³-hybridized carbons (Fsp3) is 0.423. The largest absolute Gasteiger partial charge is 0.349 e. The van der Waals surface area contributed by atoms with Gasteiger partial charge in [-0.1, -0.05) is 80.2 Å². The van der Waals surface area contributed by atoms with Gasteiger partial charge >= 0.3 is 0 Å². The van der Waals surface area contributed by atoms with Crippen molar-refractivity contribution in [2.45, 2.75) is 63.7 Å². The predicted octanol–water partition coefficient (Wildman–Crippen LogP) is 5.37. The van der Waals surface area contributed by atoms with Crippen LogP contribution >= 0.6 is 11.8 Å². The summed E-state index contributed by atoms with van der Waals surface area (Å²) in [6, 6.07) is 18.9. The average molecular weight is 449 g/mol. The quantitative estimate of drug-likeness (QED) is 0.424. The van der Waals surface area contributed by atoms with Crippen molar-refractivity contribution >= 4 is 17.7 Å². The smallest absolute Gasteiger partial charge is 0.230 e. The summed E-state index contributed by atoms with van der Waals surface area (Å²) in [6.07, 6.45) is 3.42. The first-order valence-electron chi connectivity index (χ1n) is 11.5. The molecule has 0 spiro atoms. The zero-order chi connectivity index (χ0) is 22.5. The van der Waals surface area contributed by atoms with Crippen molar-refractivity contribution in [3.8, 4) is 0 Å². The topological polar surface area (TPSA) is 59.8 Å². The molecule has 4 rings (SSSR count). The first-order valence-corrected chi connectivity index (χ1v) is 12.5. The Morgan fingerprint density at radius 1 is 1.03 bits per heavy atom. The predicted molar refractivity (Wildman–Crippen MR) is 130 cm³/mol. The van der Waals surface area contributed by atoms with Gasteiger partial charge in [0.05, 0.1) is 18.3 Å². The number of nitrogens with one attached hydrogen (secondary N) is 1. The zero-order valence-corrected chi connectivity index (χ0v) is 19.9. The lowest BCUT2D eigenvalue weighted by molar-refractivity contribution is -0.119. The number of nitrogens with zero attached hydrogens (tertiary/aromatic N) is 3. The van der Waals surface area contributed by atoms with Crippen molar-refractivity contribution in [1.29, 1.82) is 0 Å². The monoisotopic (exact) mass is 448 g/mol. The summed E-state index contributed by atoms with van der Waals surface area (Å²) in [6.45, 7) is 7.22. The molecule has 0 saturated heterocycles. The highest BCUT2D eigenvalue weighted by Gasteiger charge is 2.30. The molecule has 1 heterocycles. The van der Waals surface area contributed by atoms with Crippen molar-refractivity contribution in [2.24, 2.45) is 5.92 Å². The minimum atomic E-state index is -0.0274. The summed E-state index contributed by atoms with van der Waals surface area (Å²) in [5.74, 6) is 2.53. The molecule has 0 aliphatic heterocycles. The lowest BCUT2D eigenvalue weighted by atomic mass is 10.00. The summed E-state index contributed by atoms with van der Waals surface area (Å²) >= 11 is 1.46. The number of carbonyl (C=O) groups is 1. The minimum Gasteiger partial charge on any atom is -0.349 e. The number of thioether (sulfide) groups is 1. The SMILES string of the molecule is CC(C)Cc1ccc(C(C)NC(=O)CSc2nnc(C3CC3)n2Cc2ccccc2)cc1. The third kappa shape index (κ3) is 6.00. The molecule has 2 aromatic carbocycles. The Labute approximate surface area is 195 Å². The van der Waals surface area contributed by atoms with Crippen LogP contribution < -0.4 is 5.32 Å². The number of amides is 1. The fourth-order valence-corrected chi connectivity index (χ4v) is 4.63. The van der Waals surface area contributed by atoms with Crippen LogP contribution in [0.25, 0.3) is 0 Å². The van der Waals surface area contributed by atoms with Crippen LogP contribution in [0.1, 0.15) is 68.1 Å². The summed E-state index contributed by atoms with van der Waals surface area (Å²) in [5, 5.41) is 12.8. The van der Waals surface area contributed by atoms with Crippen LogP contribution in [0, 0.1) is 5.92 Å². The van der Waals surface area contributed by atoms with Gasteiger partial charge in [-0.25, -0.2) is 0 Å². The van der Waals surface area contributed by atoms with Crippen LogP contribution in [0.3, 0.4) is 0 Å². The fourth-order valence-electron chi connectivity index (χ4n) is 3.88. The molecule has 0 radical (unpaired) electrons. The highest BCUT2D eigenvalue weighted by atomic mass is 32.2. The Morgan fingerprint density at radius 3 is 2.41 bits per heavy atom. The van der Waals surface area contributed by atoms with Crippen molar-refractivity contribution < 1.29 is 4.79 Å². The molecule has 1 fully saturated rings. The molecule has 5 nitrogen and oxygen atoms in total. The van der Waals surface area contributed by atoms with E-state index in [0.29, 0.717) is 17.6 Å². The van der Waals surface area contributed by atoms with Gasteiger partial charge in [0, 0.05) is 5.92 Å². The highest BCUT2D eigenvalue weighted by Crippen LogP contribution is 2.40. The number of carbonyl (C=O) groups excluding carboxylic acids is 1. The Balaban J connectivity index is 1.35. The van der Waals surface area contributed by atoms with E-state index in [1.165, 1.54) is 35.7 Å². The molecule has 6 heteroatoms. The second-order valence-electron chi connectivity index (χ2n) is 9.10. The second kappa shape index (κ2) is 10.3. The van der Waals surface area contributed by atoms with E-state index < -0.39 is 0 Å². The normalized spacial score (nSPS) is 14.5. The summed E-state index contributed by atoms with van der Waals surface area (Å²) in [4.78, 5) is 12.6. The molecule has 3 aromatic rings. The maximum absolute atomic E-state index is 12.6. The van der Waals surface area contributed by atoms with Gasteiger partial charge in [0.15, 0.2) is 5.16 Å². The Hall–Kier alpha value is -2.60. The van der Waals surface area contributed by atoms with Gasteiger partial charge in [-0.05, 0) is 48.8 Å². The first-order chi connectivity index (χ1) is 15.5. The van der Waals surface area contributed by atoms with Gasteiger partial charge in [-0.15, -0.1) is 10.2 Å². The van der Waals surface area contributed by atoms with Gasteiger partial charge in [-0.3, -0.25) is 4.79 Å². The van der Waals surface area contributed by atoms with Crippen LogP contribution in [-0.2, 0) is 17.8 Å². The van der Waals surface area contributed by atoms with Gasteiger partial charge < -0.3 is 9.88 Å². The van der Waals surface area contributed by atoms with Crippen LogP contribution in [0.15, 0.2) is 59.8 Å². The Kier molecular flexibility index (Phi) is 7.30. The van der Waals surface area contributed by atoms with Crippen molar-refractivity contribution in [3.05, 3.63) is 77.1 Å². The molecule has 1 N–H and O–H groups in total. The zero-order valence-electron chi connectivity index (χ0n) is 19.1. The second-order valence-corrected chi connectivity index (χ2v) is 10.0. The maximum Gasteiger partial charge on any atom is 0.230 e. The van der Waals surface area contributed by atoms with Crippen LogP contribution in [-0.4, -0.2) is 26.4 Å². The van der Waals surface area contributed by atoms with Crippen LogP contribution in [0.4, 0.5) is 0 Å². The average Bonchev–Trinajstić information content (AvgIpc) is 3.54. The Morgan fingerprint density at radius 2 is 1.75 bits per heavy atom. The van der Waals surface area contributed by atoms with Gasteiger partial charge in [0.1, 0.15) is 5.82 Å². The van der Waals surface area contributed by atoms with Gasteiger partial charge in [0.2, 0.25) is 5.91 Å². The van der Waals surface area contributed by atoms with Crippen molar-refractivity contribution in [3.63, 3.8) is 0 Å². The standard InChI is InChI=1S/C26H32N4OS/c1-18(2)15-20-9-11-22(12-10-20)19(3)27-24(31)17-32-26-29-28-25(23-13-14-23)30(26)16-21-7-5-4-6-8-21/h4-12,18-19,23H,13-17H2,1-3H3,(H,27,31). The summed E-state index contributed by atoms with van der Waals surface area (Å²) in [5.41, 5.74) is 3.68. The molecule has 1 aliphatic rings. The first kappa shape index (κ1) is 22.6. The van der Waals surface area contributed by atoms with E-state index in [-0.39, 0.29) is 11.9 Å². The van der Waals surface area contributed by atoms with E-state index >= 15 is 0 Å². The lowest BCUT2D eigenvalue weighted by Crippen LogP contribution is -2.28. The van der Waals surface area contributed by atoms with Crippen molar-refractivity contribution in [2.75, 3.05) is 5.75 Å². The van der Waals surface area contributed by atoms with Crippen LogP contribution in [0.2, 0.25) is 0 Å². The molecule has 1 amide bonds. The third-order valence-electron chi connectivity index (χ3n) is 5.70. The number of aromatic nitrogens is 3. The molecular formula is C26H32N4OS. The van der Waals surface area contributed by atoms with Gasteiger partial charge in [-0.2, -0.15) is 0 Å². The van der Waals surface area contributed by atoms with E-state index in [1.54, 1.807) is 0 Å². The van der Waals surface area contributed by atoms with E-state index in [9.17, 15) is 4.79 Å². The molecule has 1 aromatic heterocycles. The lowest BCUT2D eigenvalue weighted by Gasteiger charge is -2.15. The number of hydrogen-bond donors (Lipinski definition) is 1. The molecule has 0 bridgehead atoms. The summed E-state index contributed by atoms with van der Waals surface area (Å²) < 4.78 is 2.18. The molecule has 1 saturated carbocycles.